The van der Waals surface area contributed by atoms with Crippen LogP contribution in [0.5, 0.6) is 0 Å². The van der Waals surface area contributed by atoms with Gasteiger partial charge in [-0.2, -0.15) is 0 Å². The van der Waals surface area contributed by atoms with Crippen molar-refractivity contribution in [3.05, 3.63) is 0 Å². The molecule has 0 saturated heterocycles. The summed E-state index contributed by atoms with van der Waals surface area (Å²) in [5.74, 6) is 0.411. The number of hydrogen-bond donors (Lipinski definition) is 2. The van der Waals surface area contributed by atoms with E-state index in [1.807, 2.05) is 7.05 Å². The predicted octanol–water partition coefficient (Wildman–Crippen LogP) is 1.29. The molecule has 5 nitrogen and oxygen atoms in total. The van der Waals surface area contributed by atoms with Crippen LogP contribution in [0.15, 0.2) is 0 Å². The van der Waals surface area contributed by atoms with Crippen LogP contribution >= 0.6 is 24.8 Å². The third kappa shape index (κ3) is 14.3. The molecule has 0 aliphatic heterocycles. The Bertz CT molecular complexity index is 232. The summed E-state index contributed by atoms with van der Waals surface area (Å²) in [5, 5.41) is 2.88. The summed E-state index contributed by atoms with van der Waals surface area (Å²) in [7, 11) is 3.75. The van der Waals surface area contributed by atoms with Gasteiger partial charge in [0.05, 0.1) is 12.6 Å². The van der Waals surface area contributed by atoms with Gasteiger partial charge in [0, 0.05) is 20.2 Å². The van der Waals surface area contributed by atoms with E-state index in [1.54, 1.807) is 7.11 Å². The van der Waals surface area contributed by atoms with Gasteiger partial charge in [0.15, 0.2) is 0 Å². The Balaban J connectivity index is -0.00000144. The lowest BCUT2D eigenvalue weighted by atomic mass is 10.0. The van der Waals surface area contributed by atoms with Gasteiger partial charge in [-0.25, -0.2) is 0 Å². The minimum atomic E-state index is -0.378. The van der Waals surface area contributed by atoms with Crippen molar-refractivity contribution in [1.82, 2.24) is 10.2 Å². The Hall–Kier alpha value is -0.0700. The van der Waals surface area contributed by atoms with Crippen molar-refractivity contribution in [1.29, 1.82) is 0 Å². The molecule has 0 spiro atoms. The first-order valence-electron chi connectivity index (χ1n) is 6.68. The number of hydrogen-bond acceptors (Lipinski definition) is 4. The standard InChI is InChI=1S/C13H29N3O2.2ClH/c1-11(2)10-12(14)13(17)15-6-5-7-16(3)8-9-18-4;;/h11-12H,5-10,14H2,1-4H3,(H,15,17);2*1H/t12-;;/m0../s1. The van der Waals surface area contributed by atoms with Crippen LogP contribution in [0.2, 0.25) is 0 Å². The van der Waals surface area contributed by atoms with Crippen molar-refractivity contribution in [3.63, 3.8) is 0 Å². The van der Waals surface area contributed by atoms with E-state index >= 15 is 0 Å². The van der Waals surface area contributed by atoms with Gasteiger partial charge in [-0.05, 0) is 32.4 Å². The molecule has 0 fully saturated rings. The molecular formula is C13H31Cl2N3O2. The molecule has 124 valence electrons. The molecule has 7 heteroatoms. The number of carbonyl (C=O) groups excluding carboxylic acids is 1. The van der Waals surface area contributed by atoms with E-state index < -0.39 is 0 Å². The first-order valence-corrected chi connectivity index (χ1v) is 6.68. The second-order valence-corrected chi connectivity index (χ2v) is 5.18. The minimum absolute atomic E-state index is 0. The Labute approximate surface area is 135 Å². The van der Waals surface area contributed by atoms with Gasteiger partial charge in [-0.15, -0.1) is 24.8 Å². The van der Waals surface area contributed by atoms with Crippen LogP contribution in [0.1, 0.15) is 26.7 Å². The second kappa shape index (κ2) is 15.3. The number of ether oxygens (including phenoxy) is 1. The molecule has 0 aromatic rings. The first-order chi connectivity index (χ1) is 8.47. The molecule has 0 bridgehead atoms. The van der Waals surface area contributed by atoms with Crippen molar-refractivity contribution in [3.8, 4) is 0 Å². The first kappa shape index (κ1) is 24.9. The lowest BCUT2D eigenvalue weighted by molar-refractivity contribution is -0.122. The van der Waals surface area contributed by atoms with Gasteiger partial charge >= 0.3 is 0 Å². The molecule has 1 amide bonds. The summed E-state index contributed by atoms with van der Waals surface area (Å²) in [5.41, 5.74) is 5.79. The van der Waals surface area contributed by atoms with Crippen molar-refractivity contribution < 1.29 is 9.53 Å². The predicted molar refractivity (Wildman–Crippen MR) is 88.9 cm³/mol. The topological polar surface area (TPSA) is 67.6 Å². The number of carbonyl (C=O) groups is 1. The molecule has 3 N–H and O–H groups in total. The number of nitrogens with two attached hydrogens (primary N) is 1. The molecule has 0 aliphatic carbocycles. The summed E-state index contributed by atoms with van der Waals surface area (Å²) >= 11 is 0. The van der Waals surface area contributed by atoms with E-state index in [2.05, 4.69) is 24.1 Å². The van der Waals surface area contributed by atoms with Crippen LogP contribution in [-0.2, 0) is 9.53 Å². The zero-order chi connectivity index (χ0) is 14.0. The molecule has 0 rings (SSSR count). The minimum Gasteiger partial charge on any atom is -0.383 e. The van der Waals surface area contributed by atoms with Gasteiger partial charge in [0.25, 0.3) is 0 Å². The van der Waals surface area contributed by atoms with E-state index in [-0.39, 0.29) is 36.8 Å². The fourth-order valence-electron chi connectivity index (χ4n) is 1.67. The highest BCUT2D eigenvalue weighted by Crippen LogP contribution is 2.02. The fourth-order valence-corrected chi connectivity index (χ4v) is 1.67. The molecule has 0 unspecified atom stereocenters. The zero-order valence-electron chi connectivity index (χ0n) is 13.1. The van der Waals surface area contributed by atoms with Crippen LogP contribution in [-0.4, -0.2) is 57.2 Å². The summed E-state index contributed by atoms with van der Waals surface area (Å²) < 4.78 is 5.00. The van der Waals surface area contributed by atoms with E-state index in [0.717, 1.165) is 32.5 Å². The largest absolute Gasteiger partial charge is 0.383 e. The average molecular weight is 332 g/mol. The maximum Gasteiger partial charge on any atom is 0.236 e. The van der Waals surface area contributed by atoms with Gasteiger partial charge in [-0.3, -0.25) is 4.79 Å². The number of nitrogens with zero attached hydrogens (tertiary/aromatic N) is 1. The smallest absolute Gasteiger partial charge is 0.236 e. The van der Waals surface area contributed by atoms with Crippen LogP contribution < -0.4 is 11.1 Å². The van der Waals surface area contributed by atoms with E-state index in [0.29, 0.717) is 12.5 Å². The quantitative estimate of drug-likeness (QED) is 0.592. The van der Waals surface area contributed by atoms with E-state index in [1.165, 1.54) is 0 Å². The Morgan fingerprint density at radius 2 is 1.90 bits per heavy atom. The normalized spacial score (nSPS) is 11.8. The fraction of sp³-hybridized carbons (Fsp3) is 0.923. The maximum absolute atomic E-state index is 11.6. The SMILES string of the molecule is COCCN(C)CCCNC(=O)[C@@H](N)CC(C)C.Cl.Cl. The average Bonchev–Trinajstić information content (AvgIpc) is 2.30. The molecule has 0 saturated carbocycles. The molecule has 0 aromatic heterocycles. The van der Waals surface area contributed by atoms with Crippen molar-refractivity contribution >= 4 is 30.7 Å². The van der Waals surface area contributed by atoms with Gasteiger partial charge in [0.1, 0.15) is 0 Å². The summed E-state index contributed by atoms with van der Waals surface area (Å²) in [6.45, 7) is 7.42. The molecule has 0 aliphatic rings. The third-order valence-corrected chi connectivity index (χ3v) is 2.76. The maximum atomic E-state index is 11.6. The highest BCUT2D eigenvalue weighted by atomic mass is 35.5. The van der Waals surface area contributed by atoms with E-state index in [4.69, 9.17) is 10.5 Å². The van der Waals surface area contributed by atoms with Crippen LogP contribution in [0.3, 0.4) is 0 Å². The zero-order valence-corrected chi connectivity index (χ0v) is 14.7. The highest BCUT2D eigenvalue weighted by molar-refractivity contribution is 5.85. The van der Waals surface area contributed by atoms with Gasteiger partial charge in [0.2, 0.25) is 5.91 Å². The molecule has 0 aromatic carbocycles. The monoisotopic (exact) mass is 331 g/mol. The number of nitrogens with one attached hydrogen (secondary N) is 1. The molecular weight excluding hydrogens is 301 g/mol. The number of halogens is 2. The van der Waals surface area contributed by atoms with Crippen LogP contribution in [0, 0.1) is 5.92 Å². The van der Waals surface area contributed by atoms with E-state index in [9.17, 15) is 4.79 Å². The summed E-state index contributed by atoms with van der Waals surface area (Å²) in [6, 6.07) is -0.378. The van der Waals surface area contributed by atoms with Crippen LogP contribution in [0.4, 0.5) is 0 Å². The third-order valence-electron chi connectivity index (χ3n) is 2.76. The molecule has 0 heterocycles. The van der Waals surface area contributed by atoms with Crippen molar-refractivity contribution in [2.45, 2.75) is 32.7 Å². The Morgan fingerprint density at radius 1 is 1.30 bits per heavy atom. The van der Waals surface area contributed by atoms with Crippen molar-refractivity contribution in [2.75, 3.05) is 40.4 Å². The highest BCUT2D eigenvalue weighted by Gasteiger charge is 2.13. The van der Waals surface area contributed by atoms with Crippen LogP contribution in [0.25, 0.3) is 0 Å². The van der Waals surface area contributed by atoms with Gasteiger partial charge in [-0.1, -0.05) is 13.8 Å². The number of rotatable bonds is 10. The number of likely N-dealkylation sites (N-methyl/N-ethyl adjacent to an activating group) is 1. The van der Waals surface area contributed by atoms with Crippen molar-refractivity contribution in [2.24, 2.45) is 11.7 Å². The molecule has 20 heavy (non-hydrogen) atoms. The molecule has 1 atom stereocenters. The molecule has 0 radical (unpaired) electrons. The summed E-state index contributed by atoms with van der Waals surface area (Å²) in [4.78, 5) is 13.8. The Kier molecular flexibility index (Phi) is 19.1. The number of amides is 1. The lowest BCUT2D eigenvalue weighted by Crippen LogP contribution is -2.42. The number of methoxy groups -OCH3 is 1. The second-order valence-electron chi connectivity index (χ2n) is 5.18. The summed E-state index contributed by atoms with van der Waals surface area (Å²) in [6.07, 6.45) is 1.67. The van der Waals surface area contributed by atoms with Gasteiger partial charge < -0.3 is 20.7 Å². The Morgan fingerprint density at radius 3 is 2.40 bits per heavy atom. The lowest BCUT2D eigenvalue weighted by Gasteiger charge is -2.17.